The molecule has 1 atom stereocenters. The van der Waals surface area contributed by atoms with E-state index in [1.54, 1.807) is 0 Å². The molecule has 9 heteroatoms. The van der Waals surface area contributed by atoms with Crippen LogP contribution in [0.1, 0.15) is 22.0 Å². The zero-order chi connectivity index (χ0) is 16.4. The Morgan fingerprint density at radius 2 is 1.80 bits per heavy atom. The third-order valence-electron chi connectivity index (χ3n) is 3.94. The van der Waals surface area contributed by atoms with E-state index in [0.29, 0.717) is 13.1 Å². The van der Waals surface area contributed by atoms with Gasteiger partial charge in [-0.1, -0.05) is 23.7 Å². The highest BCUT2D eigenvalue weighted by Crippen LogP contribution is 2.41. The lowest BCUT2D eigenvalue weighted by Crippen LogP contribution is -2.45. The standard InChI is InChI=1S/C16H16ClF3N2S.2ClH/c17-11-3-4-12(13(10-11)16(18,19)20)15(14-2-1-9-23-14)22-7-5-21-6-8-22;;/h1-4,9-10,15,21H,5-8H2;2*1H/t15-;;/m1../s1. The van der Waals surface area contributed by atoms with E-state index < -0.39 is 17.8 Å². The van der Waals surface area contributed by atoms with Crippen LogP contribution in [0.4, 0.5) is 13.2 Å². The maximum absolute atomic E-state index is 13.5. The number of rotatable bonds is 3. The molecule has 1 aromatic carbocycles. The van der Waals surface area contributed by atoms with Crippen LogP contribution in [0.2, 0.25) is 5.02 Å². The summed E-state index contributed by atoms with van der Waals surface area (Å²) in [7, 11) is 0. The maximum atomic E-state index is 13.5. The summed E-state index contributed by atoms with van der Waals surface area (Å²) in [6.07, 6.45) is -4.43. The van der Waals surface area contributed by atoms with Gasteiger partial charge in [0.1, 0.15) is 0 Å². The lowest BCUT2D eigenvalue weighted by atomic mass is 9.96. The topological polar surface area (TPSA) is 15.3 Å². The molecule has 0 amide bonds. The number of nitrogens with zero attached hydrogens (tertiary/aromatic N) is 1. The molecular weight excluding hydrogens is 416 g/mol. The smallest absolute Gasteiger partial charge is 0.314 e. The molecule has 2 nitrogen and oxygen atoms in total. The summed E-state index contributed by atoms with van der Waals surface area (Å²) in [5.41, 5.74) is -0.381. The Morgan fingerprint density at radius 1 is 1.12 bits per heavy atom. The number of piperazine rings is 1. The van der Waals surface area contributed by atoms with Crippen molar-refractivity contribution in [2.24, 2.45) is 0 Å². The summed E-state index contributed by atoms with van der Waals surface area (Å²) < 4.78 is 40.5. The number of thiophene rings is 1. The first-order chi connectivity index (χ1) is 11.0. The molecule has 1 saturated heterocycles. The van der Waals surface area contributed by atoms with Gasteiger partial charge in [0.2, 0.25) is 0 Å². The number of alkyl halides is 3. The molecule has 1 fully saturated rings. The summed E-state index contributed by atoms with van der Waals surface area (Å²) >= 11 is 7.30. The van der Waals surface area contributed by atoms with Crippen LogP contribution < -0.4 is 5.32 Å². The fourth-order valence-corrected chi connectivity index (χ4v) is 3.98. The van der Waals surface area contributed by atoms with Crippen molar-refractivity contribution in [3.8, 4) is 0 Å². The van der Waals surface area contributed by atoms with Crippen LogP contribution in [-0.2, 0) is 6.18 Å². The number of benzene rings is 1. The quantitative estimate of drug-likeness (QED) is 0.710. The third-order valence-corrected chi connectivity index (χ3v) is 5.10. The van der Waals surface area contributed by atoms with E-state index in [9.17, 15) is 13.2 Å². The van der Waals surface area contributed by atoms with Gasteiger partial charge in [-0.3, -0.25) is 4.90 Å². The van der Waals surface area contributed by atoms with Gasteiger partial charge in [0.25, 0.3) is 0 Å². The fourth-order valence-electron chi connectivity index (χ4n) is 2.93. The predicted molar refractivity (Wildman–Crippen MR) is 102 cm³/mol. The van der Waals surface area contributed by atoms with Crippen LogP contribution in [-0.4, -0.2) is 31.1 Å². The SMILES string of the molecule is Cl.Cl.FC(F)(F)c1cc(Cl)ccc1[C@H](c1cccs1)N1CCNCC1. The second-order valence-corrected chi connectivity index (χ2v) is 6.85. The van der Waals surface area contributed by atoms with Crippen LogP contribution >= 0.6 is 47.8 Å². The number of halogens is 6. The van der Waals surface area contributed by atoms with Crippen molar-refractivity contribution in [3.63, 3.8) is 0 Å². The molecule has 0 aliphatic carbocycles. The Bertz CT molecular complexity index is 659. The van der Waals surface area contributed by atoms with E-state index in [2.05, 4.69) is 10.2 Å². The van der Waals surface area contributed by atoms with Gasteiger partial charge >= 0.3 is 6.18 Å². The molecular formula is C16H18Cl3F3N2S. The molecule has 140 valence electrons. The van der Waals surface area contributed by atoms with Gasteiger partial charge in [0.15, 0.2) is 0 Å². The van der Waals surface area contributed by atoms with Gasteiger partial charge in [-0.05, 0) is 29.1 Å². The van der Waals surface area contributed by atoms with Gasteiger partial charge < -0.3 is 5.32 Å². The van der Waals surface area contributed by atoms with E-state index in [1.165, 1.54) is 23.5 Å². The number of nitrogens with one attached hydrogen (secondary N) is 1. The Morgan fingerprint density at radius 3 is 2.36 bits per heavy atom. The largest absolute Gasteiger partial charge is 0.416 e. The van der Waals surface area contributed by atoms with Gasteiger partial charge in [0, 0.05) is 36.1 Å². The molecule has 1 aliphatic rings. The second kappa shape index (κ2) is 9.44. The Hall–Kier alpha value is -0.500. The predicted octanol–water partition coefficient (Wildman–Crippen LogP) is 5.26. The number of hydrogen-bond acceptors (Lipinski definition) is 3. The van der Waals surface area contributed by atoms with Crippen molar-refractivity contribution in [3.05, 3.63) is 56.7 Å². The monoisotopic (exact) mass is 432 g/mol. The van der Waals surface area contributed by atoms with E-state index >= 15 is 0 Å². The van der Waals surface area contributed by atoms with E-state index in [0.717, 1.165) is 24.0 Å². The highest BCUT2D eigenvalue weighted by atomic mass is 35.5. The summed E-state index contributed by atoms with van der Waals surface area (Å²) in [5.74, 6) is 0. The molecule has 0 bridgehead atoms. The van der Waals surface area contributed by atoms with Gasteiger partial charge in [-0.25, -0.2) is 0 Å². The lowest BCUT2D eigenvalue weighted by molar-refractivity contribution is -0.138. The zero-order valence-electron chi connectivity index (χ0n) is 13.1. The minimum Gasteiger partial charge on any atom is -0.314 e. The Balaban J connectivity index is 0.00000156. The average molecular weight is 434 g/mol. The van der Waals surface area contributed by atoms with Gasteiger partial charge in [-0.2, -0.15) is 13.2 Å². The van der Waals surface area contributed by atoms with Crippen LogP contribution in [0.5, 0.6) is 0 Å². The minimum atomic E-state index is -4.43. The highest BCUT2D eigenvalue weighted by molar-refractivity contribution is 7.10. The van der Waals surface area contributed by atoms with Crippen molar-refractivity contribution in [2.75, 3.05) is 26.2 Å². The van der Waals surface area contributed by atoms with E-state index in [1.807, 2.05) is 17.5 Å². The molecule has 2 heterocycles. The maximum Gasteiger partial charge on any atom is 0.416 e. The molecule has 0 saturated carbocycles. The van der Waals surface area contributed by atoms with E-state index in [-0.39, 0.29) is 35.4 Å². The van der Waals surface area contributed by atoms with Crippen LogP contribution in [0.15, 0.2) is 35.7 Å². The van der Waals surface area contributed by atoms with E-state index in [4.69, 9.17) is 11.6 Å². The van der Waals surface area contributed by atoms with Crippen LogP contribution in [0.3, 0.4) is 0 Å². The summed E-state index contributed by atoms with van der Waals surface area (Å²) in [6.45, 7) is 2.97. The minimum absolute atomic E-state index is 0. The van der Waals surface area contributed by atoms with Gasteiger partial charge in [0.05, 0.1) is 11.6 Å². The summed E-state index contributed by atoms with van der Waals surface area (Å²) in [6, 6.07) is 7.45. The van der Waals surface area contributed by atoms with Crippen molar-refractivity contribution in [2.45, 2.75) is 12.2 Å². The third kappa shape index (κ3) is 5.25. The zero-order valence-corrected chi connectivity index (χ0v) is 16.3. The second-order valence-electron chi connectivity index (χ2n) is 5.43. The van der Waals surface area contributed by atoms with Crippen molar-refractivity contribution >= 4 is 47.8 Å². The normalized spacial score (nSPS) is 16.6. The average Bonchev–Trinajstić information content (AvgIpc) is 3.03. The first-order valence-corrected chi connectivity index (χ1v) is 8.57. The highest BCUT2D eigenvalue weighted by Gasteiger charge is 2.37. The molecule has 1 aliphatic heterocycles. The molecule has 0 radical (unpaired) electrons. The first kappa shape index (κ1) is 22.5. The van der Waals surface area contributed by atoms with Crippen molar-refractivity contribution in [1.29, 1.82) is 0 Å². The molecule has 1 aromatic heterocycles. The molecule has 0 spiro atoms. The Kier molecular flexibility index (Phi) is 8.51. The molecule has 1 N–H and O–H groups in total. The molecule has 3 rings (SSSR count). The van der Waals surface area contributed by atoms with Gasteiger partial charge in [-0.15, -0.1) is 36.2 Å². The molecule has 25 heavy (non-hydrogen) atoms. The summed E-state index contributed by atoms with van der Waals surface area (Å²) in [5, 5.41) is 5.24. The molecule has 2 aromatic rings. The van der Waals surface area contributed by atoms with Crippen molar-refractivity contribution < 1.29 is 13.2 Å². The van der Waals surface area contributed by atoms with Crippen molar-refractivity contribution in [1.82, 2.24) is 10.2 Å². The lowest BCUT2D eigenvalue weighted by Gasteiger charge is -2.35. The first-order valence-electron chi connectivity index (χ1n) is 7.31. The van der Waals surface area contributed by atoms with Crippen LogP contribution in [0.25, 0.3) is 0 Å². The number of hydrogen-bond donors (Lipinski definition) is 1. The molecule has 0 unspecified atom stereocenters. The summed E-state index contributed by atoms with van der Waals surface area (Å²) in [4.78, 5) is 3.01. The van der Waals surface area contributed by atoms with Crippen LogP contribution in [0, 0.1) is 0 Å². The fraction of sp³-hybridized carbons (Fsp3) is 0.375. The Labute approximate surface area is 166 Å².